The predicted molar refractivity (Wildman–Crippen MR) is 81.0 cm³/mol. The molecular weight excluding hydrogens is 234 g/mol. The van der Waals surface area contributed by atoms with Crippen molar-refractivity contribution in [3.05, 3.63) is 29.3 Å². The molecule has 2 rings (SSSR count). The van der Waals surface area contributed by atoms with Gasteiger partial charge >= 0.3 is 0 Å². The van der Waals surface area contributed by atoms with E-state index in [2.05, 4.69) is 37.4 Å². The zero-order valence-electron chi connectivity index (χ0n) is 12.5. The zero-order chi connectivity index (χ0) is 13.7. The van der Waals surface area contributed by atoms with Gasteiger partial charge in [0.15, 0.2) is 0 Å². The van der Waals surface area contributed by atoms with E-state index in [9.17, 15) is 0 Å². The van der Waals surface area contributed by atoms with Crippen LogP contribution < -0.4 is 10.1 Å². The lowest BCUT2D eigenvalue weighted by Crippen LogP contribution is -2.34. The third-order valence-corrected chi connectivity index (χ3v) is 4.27. The van der Waals surface area contributed by atoms with Gasteiger partial charge in [0.1, 0.15) is 5.75 Å². The van der Waals surface area contributed by atoms with Crippen molar-refractivity contribution in [3.63, 3.8) is 0 Å². The summed E-state index contributed by atoms with van der Waals surface area (Å²) < 4.78 is 5.59. The molecule has 1 aliphatic carbocycles. The van der Waals surface area contributed by atoms with E-state index in [-0.39, 0.29) is 0 Å². The maximum Gasteiger partial charge on any atom is 0.122 e. The fourth-order valence-corrected chi connectivity index (χ4v) is 3.33. The highest BCUT2D eigenvalue weighted by molar-refractivity contribution is 5.40. The van der Waals surface area contributed by atoms with Crippen LogP contribution in [0.3, 0.4) is 0 Å². The maximum atomic E-state index is 5.59. The number of rotatable bonds is 4. The molecule has 0 amide bonds. The van der Waals surface area contributed by atoms with Crippen molar-refractivity contribution in [1.29, 1.82) is 0 Å². The molecule has 2 heteroatoms. The number of hydrogen-bond acceptors (Lipinski definition) is 2. The van der Waals surface area contributed by atoms with Gasteiger partial charge < -0.3 is 10.1 Å². The number of nitrogens with one attached hydrogen (secondary N) is 1. The number of benzene rings is 1. The Morgan fingerprint density at radius 1 is 1.21 bits per heavy atom. The Kier molecular flexibility index (Phi) is 5.26. The molecule has 0 aliphatic heterocycles. The molecular formula is C17H27NO. The number of aryl methyl sites for hydroxylation is 1. The van der Waals surface area contributed by atoms with Crippen LogP contribution in [0.5, 0.6) is 5.75 Å². The van der Waals surface area contributed by atoms with Gasteiger partial charge in [-0.15, -0.1) is 0 Å². The quantitative estimate of drug-likeness (QED) is 0.826. The molecule has 2 unspecified atom stereocenters. The van der Waals surface area contributed by atoms with E-state index < -0.39 is 0 Å². The third kappa shape index (κ3) is 3.50. The van der Waals surface area contributed by atoms with Gasteiger partial charge in [0.2, 0.25) is 0 Å². The summed E-state index contributed by atoms with van der Waals surface area (Å²) in [5.74, 6) is 1.65. The first-order valence-corrected chi connectivity index (χ1v) is 7.64. The topological polar surface area (TPSA) is 21.3 Å². The molecule has 1 saturated carbocycles. The van der Waals surface area contributed by atoms with Crippen LogP contribution in [0.1, 0.15) is 56.1 Å². The molecule has 0 bridgehead atoms. The minimum absolute atomic E-state index is 0.595. The second-order valence-corrected chi connectivity index (χ2v) is 5.65. The highest BCUT2D eigenvalue weighted by Gasteiger charge is 2.26. The van der Waals surface area contributed by atoms with Gasteiger partial charge in [-0.1, -0.05) is 43.9 Å². The van der Waals surface area contributed by atoms with Gasteiger partial charge in [-0.05, 0) is 37.9 Å². The Hall–Kier alpha value is -1.02. The fraction of sp³-hybridized carbons (Fsp3) is 0.647. The molecule has 2 nitrogen and oxygen atoms in total. The molecule has 1 aromatic rings. The fourth-order valence-electron chi connectivity index (χ4n) is 3.33. The molecule has 0 radical (unpaired) electrons. The van der Waals surface area contributed by atoms with Crippen molar-refractivity contribution in [2.24, 2.45) is 0 Å². The molecule has 1 N–H and O–H groups in total. The Morgan fingerprint density at radius 2 is 2.00 bits per heavy atom. The van der Waals surface area contributed by atoms with Gasteiger partial charge in [-0.25, -0.2) is 0 Å². The van der Waals surface area contributed by atoms with Gasteiger partial charge in [-0.3, -0.25) is 0 Å². The lowest BCUT2D eigenvalue weighted by atomic mass is 9.86. The normalized spacial score (nSPS) is 23.9. The van der Waals surface area contributed by atoms with Crippen LogP contribution in [0.2, 0.25) is 0 Å². The minimum Gasteiger partial charge on any atom is -0.496 e. The average molecular weight is 261 g/mol. The summed E-state index contributed by atoms with van der Waals surface area (Å²) in [4.78, 5) is 0. The number of ether oxygens (including phenoxy) is 1. The molecule has 0 saturated heterocycles. The first-order valence-electron chi connectivity index (χ1n) is 7.64. The summed E-state index contributed by atoms with van der Waals surface area (Å²) in [7, 11) is 1.78. The van der Waals surface area contributed by atoms with E-state index in [0.717, 1.165) is 12.3 Å². The molecule has 106 valence electrons. The van der Waals surface area contributed by atoms with Gasteiger partial charge in [0.25, 0.3) is 0 Å². The summed E-state index contributed by atoms with van der Waals surface area (Å²) in [6.07, 6.45) is 6.62. The van der Waals surface area contributed by atoms with Crippen LogP contribution in [-0.4, -0.2) is 19.7 Å². The summed E-state index contributed by atoms with van der Waals surface area (Å²) in [6.45, 7) is 5.42. The van der Waals surface area contributed by atoms with E-state index in [1.165, 1.54) is 43.2 Å². The lowest BCUT2D eigenvalue weighted by molar-refractivity contribution is 0.379. The van der Waals surface area contributed by atoms with Crippen molar-refractivity contribution in [2.45, 2.75) is 57.9 Å². The number of likely N-dealkylation sites (N-methyl/N-ethyl adjacent to an activating group) is 1. The molecule has 2 atom stereocenters. The zero-order valence-corrected chi connectivity index (χ0v) is 12.5. The largest absolute Gasteiger partial charge is 0.496 e. The van der Waals surface area contributed by atoms with Crippen LogP contribution in [0.4, 0.5) is 0 Å². The van der Waals surface area contributed by atoms with Crippen LogP contribution in [-0.2, 0) is 0 Å². The van der Waals surface area contributed by atoms with E-state index in [1.807, 2.05) is 0 Å². The predicted octanol–water partition coefficient (Wildman–Crippen LogP) is 4.03. The van der Waals surface area contributed by atoms with Crippen LogP contribution >= 0.6 is 0 Å². The molecule has 1 fully saturated rings. The summed E-state index contributed by atoms with van der Waals surface area (Å²) >= 11 is 0. The van der Waals surface area contributed by atoms with Crippen LogP contribution in [0.15, 0.2) is 18.2 Å². The van der Waals surface area contributed by atoms with Crippen molar-refractivity contribution in [3.8, 4) is 5.75 Å². The molecule has 1 aromatic carbocycles. The van der Waals surface area contributed by atoms with Crippen molar-refractivity contribution >= 4 is 0 Å². The van der Waals surface area contributed by atoms with E-state index in [0.29, 0.717) is 12.0 Å². The second kappa shape index (κ2) is 6.95. The average Bonchev–Trinajstić information content (AvgIpc) is 2.64. The first-order chi connectivity index (χ1) is 9.26. The van der Waals surface area contributed by atoms with Crippen molar-refractivity contribution in [2.75, 3.05) is 13.7 Å². The van der Waals surface area contributed by atoms with Gasteiger partial charge in [0.05, 0.1) is 7.11 Å². The molecule has 0 aromatic heterocycles. The smallest absolute Gasteiger partial charge is 0.122 e. The second-order valence-electron chi connectivity index (χ2n) is 5.65. The van der Waals surface area contributed by atoms with Crippen molar-refractivity contribution < 1.29 is 4.74 Å². The van der Waals surface area contributed by atoms with Gasteiger partial charge in [-0.2, -0.15) is 0 Å². The Labute approximate surface area is 117 Å². The summed E-state index contributed by atoms with van der Waals surface area (Å²) in [6, 6.07) is 7.18. The van der Waals surface area contributed by atoms with Crippen LogP contribution in [0, 0.1) is 6.92 Å². The standard InChI is InChI=1S/C17H27NO/c1-4-18-16-9-7-5-6-8-14(16)15-12-13(2)10-11-17(15)19-3/h10-12,14,16,18H,4-9H2,1-3H3. The summed E-state index contributed by atoms with van der Waals surface area (Å²) in [5.41, 5.74) is 2.73. The number of hydrogen-bond donors (Lipinski definition) is 1. The van der Waals surface area contributed by atoms with Crippen LogP contribution in [0.25, 0.3) is 0 Å². The highest BCUT2D eigenvalue weighted by Crippen LogP contribution is 2.37. The first kappa shape index (κ1) is 14.4. The molecule has 0 spiro atoms. The molecule has 1 aliphatic rings. The van der Waals surface area contributed by atoms with Gasteiger partial charge in [0, 0.05) is 12.0 Å². The van der Waals surface area contributed by atoms with E-state index in [4.69, 9.17) is 4.74 Å². The molecule has 0 heterocycles. The lowest BCUT2D eigenvalue weighted by Gasteiger charge is -2.28. The SMILES string of the molecule is CCNC1CCCCCC1c1cc(C)ccc1OC. The molecule has 19 heavy (non-hydrogen) atoms. The minimum atomic E-state index is 0.595. The highest BCUT2D eigenvalue weighted by atomic mass is 16.5. The Morgan fingerprint density at radius 3 is 2.74 bits per heavy atom. The Balaban J connectivity index is 2.31. The van der Waals surface area contributed by atoms with Crippen molar-refractivity contribution in [1.82, 2.24) is 5.32 Å². The Bertz CT molecular complexity index is 402. The number of methoxy groups -OCH3 is 1. The maximum absolute atomic E-state index is 5.59. The third-order valence-electron chi connectivity index (χ3n) is 4.27. The monoisotopic (exact) mass is 261 g/mol. The summed E-state index contributed by atoms with van der Waals surface area (Å²) in [5, 5.41) is 3.69. The van der Waals surface area contributed by atoms with E-state index >= 15 is 0 Å². The van der Waals surface area contributed by atoms with E-state index in [1.54, 1.807) is 7.11 Å².